The lowest BCUT2D eigenvalue weighted by Gasteiger charge is -2.32. The Balaban J connectivity index is 1.26. The van der Waals surface area contributed by atoms with Gasteiger partial charge < -0.3 is 11.1 Å². The van der Waals surface area contributed by atoms with E-state index in [4.69, 9.17) is 16.3 Å². The lowest BCUT2D eigenvalue weighted by atomic mass is 10.0. The van der Waals surface area contributed by atoms with Crippen molar-refractivity contribution in [3.05, 3.63) is 107 Å². The van der Waals surface area contributed by atoms with E-state index in [1.54, 1.807) is 35.3 Å². The average molecular weight is 545 g/mol. The molecule has 0 saturated carbocycles. The van der Waals surface area contributed by atoms with Crippen molar-refractivity contribution < 1.29 is 9.59 Å². The molecule has 2 aromatic carbocycles. The van der Waals surface area contributed by atoms with E-state index in [0.717, 1.165) is 43.6 Å². The first-order valence-electron chi connectivity index (χ1n) is 13.3. The normalized spacial score (nSPS) is 13.7. The zero-order valence-electron chi connectivity index (χ0n) is 22.3. The van der Waals surface area contributed by atoms with Gasteiger partial charge in [0.05, 0.1) is 41.6 Å². The van der Waals surface area contributed by atoms with Crippen LogP contribution >= 0.6 is 0 Å². The number of likely N-dealkylation sites (tertiary alicyclic amines) is 1. The molecule has 5 rings (SSSR count). The molecule has 3 heterocycles. The zero-order chi connectivity index (χ0) is 28.8. The molecule has 0 spiro atoms. The predicted octanol–water partition coefficient (Wildman–Crippen LogP) is 3.23. The summed E-state index contributed by atoms with van der Waals surface area (Å²) in [6.07, 6.45) is 6.32. The Morgan fingerprint density at radius 2 is 1.54 bits per heavy atom. The number of pyridine rings is 1. The summed E-state index contributed by atoms with van der Waals surface area (Å²) >= 11 is 0. The number of primary amides is 1. The van der Waals surface area contributed by atoms with Crippen LogP contribution in [-0.2, 0) is 13.1 Å². The summed E-state index contributed by atoms with van der Waals surface area (Å²) in [5.41, 5.74) is 10.4. The predicted molar refractivity (Wildman–Crippen MR) is 151 cm³/mol. The van der Waals surface area contributed by atoms with Crippen LogP contribution in [0.5, 0.6) is 0 Å². The number of benzene rings is 2. The third-order valence-corrected chi connectivity index (χ3v) is 7.17. The highest BCUT2D eigenvalue weighted by Gasteiger charge is 2.24. The minimum atomic E-state index is -0.634. The maximum absolute atomic E-state index is 13.4. The third kappa shape index (κ3) is 6.64. The van der Waals surface area contributed by atoms with Gasteiger partial charge in [0.1, 0.15) is 5.69 Å². The van der Waals surface area contributed by atoms with Gasteiger partial charge >= 0.3 is 0 Å². The number of nitrogens with zero attached hydrogens (tertiary/aromatic N) is 6. The highest BCUT2D eigenvalue weighted by molar-refractivity contribution is 6.01. The Morgan fingerprint density at radius 1 is 0.927 bits per heavy atom. The van der Waals surface area contributed by atoms with Crippen LogP contribution < -0.4 is 11.1 Å². The maximum Gasteiger partial charge on any atom is 0.270 e. The molecule has 0 atom stereocenters. The van der Waals surface area contributed by atoms with Crippen molar-refractivity contribution >= 4 is 11.8 Å². The van der Waals surface area contributed by atoms with E-state index in [1.165, 1.54) is 6.20 Å². The summed E-state index contributed by atoms with van der Waals surface area (Å²) in [4.78, 5) is 31.9. The fourth-order valence-corrected chi connectivity index (χ4v) is 4.89. The summed E-state index contributed by atoms with van der Waals surface area (Å²) in [6.45, 7) is 2.91. The maximum atomic E-state index is 13.4. The van der Waals surface area contributed by atoms with Gasteiger partial charge in [0.15, 0.2) is 0 Å². The van der Waals surface area contributed by atoms with Gasteiger partial charge in [-0.3, -0.25) is 19.2 Å². The average Bonchev–Trinajstić information content (AvgIpc) is 3.47. The van der Waals surface area contributed by atoms with Gasteiger partial charge in [-0.05, 0) is 54.3 Å². The number of rotatable bonds is 8. The summed E-state index contributed by atoms with van der Waals surface area (Å²) in [5, 5.41) is 25.6. The molecule has 0 bridgehead atoms. The largest absolute Gasteiger partial charge is 0.366 e. The Labute approximate surface area is 237 Å². The second-order valence-electron chi connectivity index (χ2n) is 10.1. The lowest BCUT2D eigenvalue weighted by molar-refractivity contribution is 0.0903. The summed E-state index contributed by atoms with van der Waals surface area (Å²) < 4.78 is 1.72. The van der Waals surface area contributed by atoms with Gasteiger partial charge in [0.25, 0.3) is 5.91 Å². The number of nitrogens with two attached hydrogens (primary N) is 1. The van der Waals surface area contributed by atoms with Crippen molar-refractivity contribution in [2.24, 2.45) is 5.73 Å². The molecule has 0 radical (unpaired) electrons. The molecule has 0 aliphatic carbocycles. The highest BCUT2D eigenvalue weighted by Crippen LogP contribution is 2.24. The minimum Gasteiger partial charge on any atom is -0.366 e. The molecular weight excluding hydrogens is 516 g/mol. The number of carbonyl (C=O) groups excluding carboxylic acids is 2. The number of aromatic nitrogens is 3. The van der Waals surface area contributed by atoms with Crippen molar-refractivity contribution in [2.75, 3.05) is 13.1 Å². The van der Waals surface area contributed by atoms with Crippen LogP contribution in [0, 0.1) is 22.7 Å². The molecule has 10 nitrogen and oxygen atoms in total. The van der Waals surface area contributed by atoms with Crippen LogP contribution in [0.2, 0.25) is 0 Å². The first-order valence-corrected chi connectivity index (χ1v) is 13.3. The van der Waals surface area contributed by atoms with Gasteiger partial charge in [0, 0.05) is 49.2 Å². The molecule has 1 aliphatic heterocycles. The van der Waals surface area contributed by atoms with E-state index >= 15 is 0 Å². The standard InChI is InChI=1S/C31H28N8O2/c32-14-21-1-5-23(6-2-21)18-38-11-9-27(10-12-38)37-31(41)29-28(13-25(16-35-29)30(34)40)26-17-36-39(20-26)19-24-7-3-22(15-33)4-8-24/h1-8,13,16-17,20,27H,9-12,18-19H2,(H2,34,40)(H,37,41). The van der Waals surface area contributed by atoms with Gasteiger partial charge in [0.2, 0.25) is 5.91 Å². The molecule has 1 fully saturated rings. The van der Waals surface area contributed by atoms with E-state index in [2.05, 4.69) is 32.4 Å². The van der Waals surface area contributed by atoms with Crippen LogP contribution in [0.4, 0.5) is 0 Å². The summed E-state index contributed by atoms with van der Waals surface area (Å²) in [5.74, 6) is -0.952. The van der Waals surface area contributed by atoms with E-state index in [9.17, 15) is 9.59 Å². The Hall–Kier alpha value is -5.32. The molecule has 4 aromatic rings. The third-order valence-electron chi connectivity index (χ3n) is 7.17. The van der Waals surface area contributed by atoms with Crippen molar-refractivity contribution in [3.8, 4) is 23.3 Å². The second-order valence-corrected chi connectivity index (χ2v) is 10.1. The molecule has 10 heteroatoms. The van der Waals surface area contributed by atoms with E-state index in [1.807, 2.05) is 36.4 Å². The Kier molecular flexibility index (Phi) is 8.14. The topological polar surface area (TPSA) is 154 Å². The molecule has 1 saturated heterocycles. The minimum absolute atomic E-state index is 0.00992. The molecule has 204 valence electrons. The van der Waals surface area contributed by atoms with Crippen molar-refractivity contribution in [1.82, 2.24) is 25.0 Å². The van der Waals surface area contributed by atoms with Gasteiger partial charge in [-0.15, -0.1) is 0 Å². The molecular formula is C31H28N8O2. The zero-order valence-corrected chi connectivity index (χ0v) is 22.3. The van der Waals surface area contributed by atoms with Crippen LogP contribution in [-0.4, -0.2) is 50.6 Å². The van der Waals surface area contributed by atoms with E-state index in [0.29, 0.717) is 28.8 Å². The molecule has 1 aliphatic rings. The Bertz CT molecular complexity index is 1640. The van der Waals surface area contributed by atoms with Crippen LogP contribution in [0.3, 0.4) is 0 Å². The smallest absolute Gasteiger partial charge is 0.270 e. The summed E-state index contributed by atoms with van der Waals surface area (Å²) in [7, 11) is 0. The first kappa shape index (κ1) is 27.3. The number of amides is 2. The van der Waals surface area contributed by atoms with Gasteiger partial charge in [-0.1, -0.05) is 24.3 Å². The number of nitriles is 2. The van der Waals surface area contributed by atoms with Crippen LogP contribution in [0.15, 0.2) is 73.2 Å². The number of hydrogen-bond acceptors (Lipinski definition) is 7. The van der Waals surface area contributed by atoms with Crippen LogP contribution in [0.25, 0.3) is 11.1 Å². The lowest BCUT2D eigenvalue weighted by Crippen LogP contribution is -2.44. The van der Waals surface area contributed by atoms with Crippen LogP contribution in [0.1, 0.15) is 55.9 Å². The number of hydrogen-bond donors (Lipinski definition) is 2. The molecule has 2 amide bonds. The van der Waals surface area contributed by atoms with Gasteiger partial charge in [-0.25, -0.2) is 4.98 Å². The number of carbonyl (C=O) groups is 2. The first-order chi connectivity index (χ1) is 19.9. The van der Waals surface area contributed by atoms with Crippen molar-refractivity contribution in [1.29, 1.82) is 10.5 Å². The molecule has 2 aromatic heterocycles. The second kappa shape index (κ2) is 12.2. The van der Waals surface area contributed by atoms with E-state index in [-0.39, 0.29) is 23.2 Å². The fourth-order valence-electron chi connectivity index (χ4n) is 4.89. The quantitative estimate of drug-likeness (QED) is 0.345. The van der Waals surface area contributed by atoms with Gasteiger partial charge in [-0.2, -0.15) is 15.6 Å². The molecule has 41 heavy (non-hydrogen) atoms. The SMILES string of the molecule is N#Cc1ccc(CN2CCC(NC(=O)c3ncc(C(N)=O)cc3-c3cnn(Cc4ccc(C#N)cc4)c3)CC2)cc1. The Morgan fingerprint density at radius 3 is 2.12 bits per heavy atom. The summed E-state index contributed by atoms with van der Waals surface area (Å²) in [6, 6.07) is 20.6. The van der Waals surface area contributed by atoms with Crippen molar-refractivity contribution in [3.63, 3.8) is 0 Å². The number of nitrogens with one attached hydrogen (secondary N) is 1. The number of piperidine rings is 1. The van der Waals surface area contributed by atoms with E-state index < -0.39 is 5.91 Å². The monoisotopic (exact) mass is 544 g/mol. The fraction of sp³-hybridized carbons (Fsp3) is 0.226. The molecule has 0 unspecified atom stereocenters. The molecule has 3 N–H and O–H groups in total. The highest BCUT2D eigenvalue weighted by atomic mass is 16.2. The van der Waals surface area contributed by atoms with Crippen molar-refractivity contribution in [2.45, 2.75) is 32.0 Å².